The second kappa shape index (κ2) is 4.61. The van der Waals surface area contributed by atoms with Crippen molar-refractivity contribution in [3.05, 3.63) is 47.9 Å². The summed E-state index contributed by atoms with van der Waals surface area (Å²) in [6.45, 7) is 1.93. The Labute approximate surface area is 98.2 Å². The van der Waals surface area contributed by atoms with Crippen molar-refractivity contribution in [3.63, 3.8) is 0 Å². The fourth-order valence-corrected chi connectivity index (χ4v) is 1.35. The predicted molar refractivity (Wildman–Crippen MR) is 63.5 cm³/mol. The molecule has 86 valence electrons. The van der Waals surface area contributed by atoms with Gasteiger partial charge in [0.15, 0.2) is 0 Å². The largest absolute Gasteiger partial charge is 0.478 e. The maximum absolute atomic E-state index is 10.7. The van der Waals surface area contributed by atoms with E-state index in [0.717, 1.165) is 11.3 Å². The predicted octanol–water partition coefficient (Wildman–Crippen LogP) is 2.23. The maximum atomic E-state index is 10.7. The number of rotatable bonds is 3. The first-order valence-electron chi connectivity index (χ1n) is 5.04. The van der Waals surface area contributed by atoms with Gasteiger partial charge in [-0.25, -0.2) is 9.78 Å². The third-order valence-corrected chi connectivity index (χ3v) is 2.29. The summed E-state index contributed by atoms with van der Waals surface area (Å²) in [5, 5.41) is 11.8. The molecule has 0 aliphatic heterocycles. The highest BCUT2D eigenvalue weighted by molar-refractivity contribution is 5.87. The van der Waals surface area contributed by atoms with Gasteiger partial charge >= 0.3 is 5.97 Å². The molecule has 0 saturated heterocycles. The number of carboxylic acid groups (broad SMARTS) is 1. The second-order valence-corrected chi connectivity index (χ2v) is 3.55. The van der Waals surface area contributed by atoms with Crippen LogP contribution < -0.4 is 5.32 Å². The van der Waals surface area contributed by atoms with Crippen molar-refractivity contribution in [1.29, 1.82) is 0 Å². The van der Waals surface area contributed by atoms with Gasteiger partial charge in [0, 0.05) is 24.3 Å². The van der Waals surface area contributed by atoms with Crippen molar-refractivity contribution >= 4 is 17.5 Å². The summed E-state index contributed by atoms with van der Waals surface area (Å²) in [5.41, 5.74) is 2.06. The van der Waals surface area contributed by atoms with Gasteiger partial charge in [0.05, 0.1) is 5.56 Å². The number of carbonyl (C=O) groups is 1. The molecule has 0 amide bonds. The van der Waals surface area contributed by atoms with Crippen LogP contribution in [0.15, 0.2) is 36.8 Å². The molecule has 2 rings (SSSR count). The van der Waals surface area contributed by atoms with Gasteiger partial charge in [-0.15, -0.1) is 0 Å². The lowest BCUT2D eigenvalue weighted by atomic mass is 10.2. The van der Waals surface area contributed by atoms with Crippen LogP contribution in [0.3, 0.4) is 0 Å². The fraction of sp³-hybridized carbons (Fsp3) is 0.0833. The van der Waals surface area contributed by atoms with Gasteiger partial charge < -0.3 is 10.4 Å². The van der Waals surface area contributed by atoms with Gasteiger partial charge in [-0.2, -0.15) is 0 Å². The molecule has 0 atom stereocenters. The maximum Gasteiger partial charge on any atom is 0.337 e. The Kier molecular flexibility index (Phi) is 3.00. The Morgan fingerprint density at radius 2 is 2.12 bits per heavy atom. The van der Waals surface area contributed by atoms with E-state index in [0.29, 0.717) is 5.82 Å². The third kappa shape index (κ3) is 2.57. The Morgan fingerprint density at radius 1 is 1.29 bits per heavy atom. The first kappa shape index (κ1) is 11.1. The lowest BCUT2D eigenvalue weighted by Crippen LogP contribution is -2.00. The summed E-state index contributed by atoms with van der Waals surface area (Å²) in [6.07, 6.45) is 4.75. The molecule has 5 nitrogen and oxygen atoms in total. The number of nitrogens with zero attached hydrogens (tertiary/aromatic N) is 2. The molecule has 0 aromatic carbocycles. The highest BCUT2D eigenvalue weighted by Gasteiger charge is 2.03. The van der Waals surface area contributed by atoms with Crippen LogP contribution in [0.2, 0.25) is 0 Å². The van der Waals surface area contributed by atoms with E-state index in [-0.39, 0.29) is 5.56 Å². The summed E-state index contributed by atoms with van der Waals surface area (Å²) < 4.78 is 0. The average Bonchev–Trinajstić information content (AvgIpc) is 2.33. The van der Waals surface area contributed by atoms with Crippen LogP contribution in [0.25, 0.3) is 0 Å². The van der Waals surface area contributed by atoms with Gasteiger partial charge in [-0.05, 0) is 30.7 Å². The molecule has 0 radical (unpaired) electrons. The first-order valence-corrected chi connectivity index (χ1v) is 5.04. The second-order valence-electron chi connectivity index (χ2n) is 3.55. The highest BCUT2D eigenvalue weighted by Crippen LogP contribution is 2.17. The zero-order valence-corrected chi connectivity index (χ0v) is 9.21. The molecule has 2 heterocycles. The number of anilines is 2. The van der Waals surface area contributed by atoms with Gasteiger partial charge in [-0.3, -0.25) is 4.98 Å². The fourth-order valence-electron chi connectivity index (χ4n) is 1.35. The number of aryl methyl sites for hydroxylation is 1. The van der Waals surface area contributed by atoms with E-state index in [9.17, 15) is 4.79 Å². The van der Waals surface area contributed by atoms with Crippen LogP contribution >= 0.6 is 0 Å². The van der Waals surface area contributed by atoms with Crippen molar-refractivity contribution in [1.82, 2.24) is 9.97 Å². The summed E-state index contributed by atoms with van der Waals surface area (Å²) in [4.78, 5) is 18.7. The van der Waals surface area contributed by atoms with Crippen molar-refractivity contribution in [2.75, 3.05) is 5.32 Å². The smallest absolute Gasteiger partial charge is 0.337 e. The monoisotopic (exact) mass is 229 g/mol. The molecule has 0 unspecified atom stereocenters. The van der Waals surface area contributed by atoms with Crippen LogP contribution in [0.5, 0.6) is 0 Å². The minimum Gasteiger partial charge on any atom is -0.478 e. The summed E-state index contributed by atoms with van der Waals surface area (Å²) >= 11 is 0. The molecular formula is C12H11N3O2. The topological polar surface area (TPSA) is 75.1 Å². The normalized spacial score (nSPS) is 9.94. The number of hydrogen-bond acceptors (Lipinski definition) is 4. The average molecular weight is 229 g/mol. The highest BCUT2D eigenvalue weighted by atomic mass is 16.4. The van der Waals surface area contributed by atoms with Gasteiger partial charge in [0.1, 0.15) is 5.82 Å². The molecule has 0 aliphatic carbocycles. The lowest BCUT2D eigenvalue weighted by Gasteiger charge is -2.07. The Balaban J connectivity index is 2.20. The standard InChI is InChI=1S/C12H11N3O2/c1-8-6-13-5-4-10(8)15-11-3-2-9(7-14-11)12(16)17/h2-7H,1H3,(H,16,17)(H,13,14,15). The molecule has 2 aromatic rings. The summed E-state index contributed by atoms with van der Waals surface area (Å²) in [6, 6.07) is 4.97. The third-order valence-electron chi connectivity index (χ3n) is 2.29. The van der Waals surface area contributed by atoms with E-state index in [1.807, 2.05) is 13.0 Å². The minimum atomic E-state index is -0.982. The molecule has 0 saturated carbocycles. The molecule has 0 bridgehead atoms. The van der Waals surface area contributed by atoms with Crippen molar-refractivity contribution in [3.8, 4) is 0 Å². The molecule has 0 fully saturated rings. The first-order chi connectivity index (χ1) is 8.16. The van der Waals surface area contributed by atoms with E-state index in [1.54, 1.807) is 18.5 Å². The summed E-state index contributed by atoms with van der Waals surface area (Å²) in [5.74, 6) is -0.381. The van der Waals surface area contributed by atoms with E-state index < -0.39 is 5.97 Å². The quantitative estimate of drug-likeness (QED) is 0.844. The van der Waals surface area contributed by atoms with E-state index >= 15 is 0 Å². The van der Waals surface area contributed by atoms with Crippen LogP contribution in [0.4, 0.5) is 11.5 Å². The minimum absolute atomic E-state index is 0.169. The van der Waals surface area contributed by atoms with Crippen molar-refractivity contribution < 1.29 is 9.90 Å². The lowest BCUT2D eigenvalue weighted by molar-refractivity contribution is 0.0696. The van der Waals surface area contributed by atoms with Crippen LogP contribution in [0.1, 0.15) is 15.9 Å². The summed E-state index contributed by atoms with van der Waals surface area (Å²) in [7, 11) is 0. The molecule has 0 spiro atoms. The number of aromatic carboxylic acids is 1. The molecule has 2 N–H and O–H groups in total. The number of aromatic nitrogens is 2. The zero-order valence-electron chi connectivity index (χ0n) is 9.21. The number of carboxylic acids is 1. The number of pyridine rings is 2. The number of hydrogen-bond donors (Lipinski definition) is 2. The van der Waals surface area contributed by atoms with Crippen molar-refractivity contribution in [2.45, 2.75) is 6.92 Å². The van der Waals surface area contributed by atoms with Crippen molar-refractivity contribution in [2.24, 2.45) is 0 Å². The van der Waals surface area contributed by atoms with E-state index in [1.165, 1.54) is 12.3 Å². The molecule has 5 heteroatoms. The molecule has 17 heavy (non-hydrogen) atoms. The Bertz CT molecular complexity index is 538. The molecular weight excluding hydrogens is 218 g/mol. The van der Waals surface area contributed by atoms with E-state index in [4.69, 9.17) is 5.11 Å². The van der Waals surface area contributed by atoms with Gasteiger partial charge in [-0.1, -0.05) is 0 Å². The Hall–Kier alpha value is -2.43. The van der Waals surface area contributed by atoms with E-state index in [2.05, 4.69) is 15.3 Å². The SMILES string of the molecule is Cc1cnccc1Nc1ccc(C(=O)O)cn1. The molecule has 0 aliphatic rings. The van der Waals surface area contributed by atoms with Crippen LogP contribution in [-0.4, -0.2) is 21.0 Å². The van der Waals surface area contributed by atoms with Gasteiger partial charge in [0.2, 0.25) is 0 Å². The molecule has 2 aromatic heterocycles. The van der Waals surface area contributed by atoms with Gasteiger partial charge in [0.25, 0.3) is 0 Å². The van der Waals surface area contributed by atoms with Crippen LogP contribution in [-0.2, 0) is 0 Å². The van der Waals surface area contributed by atoms with Crippen LogP contribution in [0, 0.1) is 6.92 Å². The Morgan fingerprint density at radius 3 is 2.71 bits per heavy atom. The number of nitrogens with one attached hydrogen (secondary N) is 1. The zero-order chi connectivity index (χ0) is 12.3.